The van der Waals surface area contributed by atoms with Gasteiger partial charge in [-0.05, 0) is 49.7 Å². The van der Waals surface area contributed by atoms with Gasteiger partial charge in [0.05, 0.1) is 0 Å². The third-order valence-electron chi connectivity index (χ3n) is 5.12. The number of rotatable bonds is 5. The van der Waals surface area contributed by atoms with E-state index in [9.17, 15) is 13.5 Å². The maximum atomic E-state index is 12.3. The van der Waals surface area contributed by atoms with Crippen LogP contribution < -0.4 is 4.72 Å². The van der Waals surface area contributed by atoms with Gasteiger partial charge >= 0.3 is 0 Å². The first-order valence-corrected chi connectivity index (χ1v) is 9.41. The molecule has 22 heavy (non-hydrogen) atoms. The van der Waals surface area contributed by atoms with Crippen LogP contribution in [0.2, 0.25) is 0 Å². The lowest BCUT2D eigenvalue weighted by molar-refractivity contribution is 0.153. The Kier molecular flexibility index (Phi) is 4.39. The summed E-state index contributed by atoms with van der Waals surface area (Å²) in [6.07, 6.45) is 4.84. The minimum Gasteiger partial charge on any atom is -0.396 e. The van der Waals surface area contributed by atoms with Crippen LogP contribution in [0, 0.1) is 24.7 Å². The van der Waals surface area contributed by atoms with Crippen molar-refractivity contribution in [3.63, 3.8) is 0 Å². The average Bonchev–Trinajstić information content (AvgIpc) is 3.07. The van der Waals surface area contributed by atoms with Crippen molar-refractivity contribution < 1.29 is 13.5 Å². The van der Waals surface area contributed by atoms with Gasteiger partial charge < -0.3 is 5.11 Å². The van der Waals surface area contributed by atoms with Crippen LogP contribution in [0.25, 0.3) is 6.08 Å². The number of fused-ring (bicyclic) bond motifs is 2. The highest BCUT2D eigenvalue weighted by Gasteiger charge is 2.48. The van der Waals surface area contributed by atoms with E-state index in [4.69, 9.17) is 0 Å². The molecule has 4 atom stereocenters. The van der Waals surface area contributed by atoms with Crippen LogP contribution in [0.15, 0.2) is 29.7 Å². The predicted octanol–water partition coefficient (Wildman–Crippen LogP) is 2.29. The highest BCUT2D eigenvalue weighted by molar-refractivity contribution is 7.92. The zero-order valence-electron chi connectivity index (χ0n) is 12.8. The lowest BCUT2D eigenvalue weighted by Crippen LogP contribution is -2.44. The van der Waals surface area contributed by atoms with Crippen LogP contribution >= 0.6 is 0 Å². The predicted molar refractivity (Wildman–Crippen MR) is 87.5 cm³/mol. The first-order valence-electron chi connectivity index (χ1n) is 7.86. The van der Waals surface area contributed by atoms with E-state index in [1.807, 2.05) is 31.2 Å². The Hall–Kier alpha value is -1.17. The van der Waals surface area contributed by atoms with Crippen molar-refractivity contribution >= 4 is 16.1 Å². The number of sulfonamides is 1. The van der Waals surface area contributed by atoms with Gasteiger partial charge in [0.25, 0.3) is 0 Å². The van der Waals surface area contributed by atoms with Crippen LogP contribution in [0.1, 0.15) is 30.4 Å². The topological polar surface area (TPSA) is 66.4 Å². The van der Waals surface area contributed by atoms with Crippen molar-refractivity contribution in [2.45, 2.75) is 32.2 Å². The van der Waals surface area contributed by atoms with Crippen molar-refractivity contribution in [2.24, 2.45) is 17.8 Å². The Labute approximate surface area is 132 Å². The maximum absolute atomic E-state index is 12.3. The van der Waals surface area contributed by atoms with E-state index < -0.39 is 10.0 Å². The summed E-state index contributed by atoms with van der Waals surface area (Å²) in [6.45, 7) is 2.06. The molecule has 2 aliphatic rings. The number of hydrogen-bond donors (Lipinski definition) is 2. The number of aliphatic hydroxyl groups is 1. The van der Waals surface area contributed by atoms with Gasteiger partial charge in [-0.2, -0.15) is 0 Å². The monoisotopic (exact) mass is 321 g/mol. The zero-order chi connectivity index (χ0) is 15.7. The lowest BCUT2D eigenvalue weighted by atomic mass is 9.86. The Bertz CT molecular complexity index is 651. The number of nitrogens with one attached hydrogen (secondary N) is 1. The second-order valence-corrected chi connectivity index (χ2v) is 8.18. The largest absolute Gasteiger partial charge is 0.396 e. The summed E-state index contributed by atoms with van der Waals surface area (Å²) in [6, 6.07) is 7.59. The standard InChI is InChI=1S/C17H23NO3S/c1-12-2-4-13(5-3-12)8-9-22(20,21)18-17-15-7-6-14(10-15)16(17)11-19/h2-5,8-9,14-19H,6-7,10-11H2,1H3/b9-8+. The molecule has 2 fully saturated rings. The minimum absolute atomic E-state index is 0.0655. The van der Waals surface area contributed by atoms with Gasteiger partial charge in [-0.3, -0.25) is 0 Å². The molecular formula is C17H23NO3S. The summed E-state index contributed by atoms with van der Waals surface area (Å²) < 4.78 is 27.4. The highest BCUT2D eigenvalue weighted by Crippen LogP contribution is 2.48. The van der Waals surface area contributed by atoms with Crippen molar-refractivity contribution in [2.75, 3.05) is 6.61 Å². The van der Waals surface area contributed by atoms with E-state index in [0.29, 0.717) is 11.8 Å². The Morgan fingerprint density at radius 3 is 2.59 bits per heavy atom. The summed E-state index contributed by atoms with van der Waals surface area (Å²) in [7, 11) is -3.48. The second kappa shape index (κ2) is 6.14. The van der Waals surface area contributed by atoms with Crippen molar-refractivity contribution in [3.05, 3.63) is 40.8 Å². The van der Waals surface area contributed by atoms with Gasteiger partial charge in [0.15, 0.2) is 0 Å². The van der Waals surface area contributed by atoms with Gasteiger partial charge in [-0.25, -0.2) is 13.1 Å². The normalized spacial score (nSPS) is 31.2. The van der Waals surface area contributed by atoms with Crippen LogP contribution in [-0.4, -0.2) is 26.2 Å². The van der Waals surface area contributed by atoms with E-state index in [2.05, 4.69) is 4.72 Å². The molecule has 3 rings (SSSR count). The van der Waals surface area contributed by atoms with Gasteiger partial charge in [0, 0.05) is 24.0 Å². The van der Waals surface area contributed by atoms with Gasteiger partial charge in [0.2, 0.25) is 10.0 Å². The fourth-order valence-electron chi connectivity index (χ4n) is 3.93. The molecule has 2 bridgehead atoms. The summed E-state index contributed by atoms with van der Waals surface area (Å²) in [4.78, 5) is 0. The molecule has 0 amide bonds. The van der Waals surface area contributed by atoms with Crippen molar-refractivity contribution in [1.82, 2.24) is 4.72 Å². The van der Waals surface area contributed by atoms with Gasteiger partial charge in [-0.1, -0.05) is 29.8 Å². The Balaban J connectivity index is 1.69. The molecule has 4 nitrogen and oxygen atoms in total. The molecule has 1 aromatic rings. The number of aliphatic hydroxyl groups excluding tert-OH is 1. The smallest absolute Gasteiger partial charge is 0.234 e. The Morgan fingerprint density at radius 2 is 1.91 bits per heavy atom. The molecule has 2 N–H and O–H groups in total. The molecule has 0 saturated heterocycles. The molecule has 2 aliphatic carbocycles. The molecule has 0 radical (unpaired) electrons. The van der Waals surface area contributed by atoms with E-state index in [1.165, 1.54) is 5.41 Å². The van der Waals surface area contributed by atoms with Crippen LogP contribution in [0.5, 0.6) is 0 Å². The minimum atomic E-state index is -3.48. The van der Waals surface area contributed by atoms with E-state index in [-0.39, 0.29) is 18.6 Å². The molecule has 120 valence electrons. The fourth-order valence-corrected chi connectivity index (χ4v) is 5.09. The quantitative estimate of drug-likeness (QED) is 0.874. The first-order chi connectivity index (χ1) is 10.5. The number of hydrogen-bond acceptors (Lipinski definition) is 3. The summed E-state index contributed by atoms with van der Waals surface area (Å²) in [5, 5.41) is 10.8. The van der Waals surface area contributed by atoms with Crippen molar-refractivity contribution in [3.8, 4) is 0 Å². The highest BCUT2D eigenvalue weighted by atomic mass is 32.2. The van der Waals surface area contributed by atoms with E-state index >= 15 is 0 Å². The Morgan fingerprint density at radius 1 is 1.23 bits per heavy atom. The van der Waals surface area contributed by atoms with E-state index in [0.717, 1.165) is 30.4 Å². The molecule has 0 aliphatic heterocycles. The molecular weight excluding hydrogens is 298 g/mol. The van der Waals surface area contributed by atoms with Gasteiger partial charge in [-0.15, -0.1) is 0 Å². The third-order valence-corrected chi connectivity index (χ3v) is 6.21. The van der Waals surface area contributed by atoms with E-state index in [1.54, 1.807) is 6.08 Å². The van der Waals surface area contributed by atoms with Crippen LogP contribution in [0.3, 0.4) is 0 Å². The van der Waals surface area contributed by atoms with Crippen LogP contribution in [0.4, 0.5) is 0 Å². The maximum Gasteiger partial charge on any atom is 0.234 e. The lowest BCUT2D eigenvalue weighted by Gasteiger charge is -2.29. The third kappa shape index (κ3) is 3.26. The van der Waals surface area contributed by atoms with Gasteiger partial charge in [0.1, 0.15) is 0 Å². The molecule has 0 heterocycles. The molecule has 0 spiro atoms. The first kappa shape index (κ1) is 15.7. The molecule has 4 unspecified atom stereocenters. The number of aryl methyl sites for hydroxylation is 1. The molecule has 0 aromatic heterocycles. The average molecular weight is 321 g/mol. The number of benzene rings is 1. The second-order valence-electron chi connectivity index (χ2n) is 6.58. The van der Waals surface area contributed by atoms with Crippen molar-refractivity contribution in [1.29, 1.82) is 0 Å². The molecule has 1 aromatic carbocycles. The SMILES string of the molecule is Cc1ccc(/C=C/S(=O)(=O)NC2C3CCC(C3)C2CO)cc1. The molecule has 5 heteroatoms. The summed E-state index contributed by atoms with van der Waals surface area (Å²) in [5.41, 5.74) is 2.01. The van der Waals surface area contributed by atoms with Crippen LogP contribution in [-0.2, 0) is 10.0 Å². The summed E-state index contributed by atoms with van der Waals surface area (Å²) in [5.74, 6) is 0.926. The fraction of sp³-hybridized carbons (Fsp3) is 0.529. The molecule has 2 saturated carbocycles. The zero-order valence-corrected chi connectivity index (χ0v) is 13.6. The summed E-state index contributed by atoms with van der Waals surface area (Å²) >= 11 is 0.